The predicted molar refractivity (Wildman–Crippen MR) is 114 cm³/mol. The van der Waals surface area contributed by atoms with E-state index in [0.29, 0.717) is 5.56 Å². The second-order valence-electron chi connectivity index (χ2n) is 6.79. The maximum atomic E-state index is 13.6. The lowest BCUT2D eigenvalue weighted by atomic mass is 9.97. The number of nitrogens with one attached hydrogen (secondary N) is 1. The van der Waals surface area contributed by atoms with Crippen LogP contribution in [0.3, 0.4) is 0 Å². The van der Waals surface area contributed by atoms with Gasteiger partial charge in [0.25, 0.3) is 0 Å². The van der Waals surface area contributed by atoms with Gasteiger partial charge in [0, 0.05) is 5.56 Å². The van der Waals surface area contributed by atoms with Crippen molar-refractivity contribution < 1.29 is 35.9 Å². The Balaban J connectivity index is 2.12. The Bertz CT molecular complexity index is 1030. The molecule has 0 spiro atoms. The number of benzene rings is 2. The summed E-state index contributed by atoms with van der Waals surface area (Å²) in [6.07, 6.45) is -9.02. The molecule has 0 heterocycles. The molecule has 33 heavy (non-hydrogen) atoms. The first kappa shape index (κ1) is 27.0. The number of hydrogen-bond acceptors (Lipinski definition) is 2. The highest BCUT2D eigenvalue weighted by Crippen LogP contribution is 2.41. The first-order chi connectivity index (χ1) is 15.2. The van der Waals surface area contributed by atoms with Gasteiger partial charge in [-0.05, 0) is 23.3 Å². The largest absolute Gasteiger partial charge is 0.399 e. The average Bonchev–Trinajstić information content (AvgIpc) is 2.68. The van der Waals surface area contributed by atoms with E-state index in [9.17, 15) is 35.9 Å². The summed E-state index contributed by atoms with van der Waals surface area (Å²) >= 11 is 17.5. The molecule has 2 aromatic rings. The molecule has 1 atom stereocenters. The number of carbonyl (C=O) groups excluding carboxylic acids is 2. The first-order valence-electron chi connectivity index (χ1n) is 9.03. The molecule has 0 aromatic heterocycles. The van der Waals surface area contributed by atoms with E-state index in [1.54, 1.807) is 0 Å². The molecule has 0 bridgehead atoms. The van der Waals surface area contributed by atoms with E-state index in [0.717, 1.165) is 18.2 Å². The van der Waals surface area contributed by atoms with E-state index in [1.165, 1.54) is 30.3 Å². The van der Waals surface area contributed by atoms with Crippen molar-refractivity contribution in [1.29, 1.82) is 0 Å². The van der Waals surface area contributed by atoms with Crippen LogP contribution in [0.2, 0.25) is 15.1 Å². The van der Waals surface area contributed by atoms with Crippen LogP contribution in [0, 0.1) is 0 Å². The molecule has 3 nitrogen and oxygen atoms in total. The fourth-order valence-electron chi connectivity index (χ4n) is 2.68. The summed E-state index contributed by atoms with van der Waals surface area (Å²) in [6.45, 7) is -0.654. The summed E-state index contributed by atoms with van der Waals surface area (Å²) in [5.41, 5.74) is 0.149. The predicted octanol–water partition coefficient (Wildman–Crippen LogP) is 7.26. The molecule has 0 saturated heterocycles. The molecule has 2 aromatic carbocycles. The molecule has 0 saturated carbocycles. The standard InChI is InChI=1S/C21H14Cl3F6NO2/c22-15-7-13(8-16(23)19(15)24)14(21(28,29)30)6-3-11-1-4-12(5-2-11)17(32)10-31-18(33)9-20(25,26)27/h1-8,14H,9-10H2,(H,31,33)/b6-3+. The highest BCUT2D eigenvalue weighted by molar-refractivity contribution is 6.48. The van der Waals surface area contributed by atoms with Crippen LogP contribution in [0.5, 0.6) is 0 Å². The topological polar surface area (TPSA) is 46.2 Å². The zero-order valence-corrected chi connectivity index (χ0v) is 18.6. The highest BCUT2D eigenvalue weighted by atomic mass is 35.5. The van der Waals surface area contributed by atoms with E-state index >= 15 is 0 Å². The molecule has 1 amide bonds. The molecule has 0 aliphatic heterocycles. The third-order valence-corrected chi connectivity index (χ3v) is 5.44. The van der Waals surface area contributed by atoms with Crippen LogP contribution in [0.4, 0.5) is 26.3 Å². The lowest BCUT2D eigenvalue weighted by Crippen LogP contribution is -2.32. The lowest BCUT2D eigenvalue weighted by Gasteiger charge is -2.18. The van der Waals surface area contributed by atoms with Gasteiger partial charge in [0.15, 0.2) is 5.78 Å². The molecule has 0 radical (unpaired) electrons. The Morgan fingerprint density at radius 3 is 1.97 bits per heavy atom. The number of amides is 1. The second-order valence-corrected chi connectivity index (χ2v) is 7.98. The van der Waals surface area contributed by atoms with E-state index in [4.69, 9.17) is 34.8 Å². The van der Waals surface area contributed by atoms with Gasteiger partial charge in [-0.25, -0.2) is 0 Å². The van der Waals surface area contributed by atoms with Gasteiger partial charge < -0.3 is 5.32 Å². The molecule has 178 valence electrons. The summed E-state index contributed by atoms with van der Waals surface area (Å²) in [5, 5.41) is 1.53. The third kappa shape index (κ3) is 8.24. The van der Waals surface area contributed by atoms with Gasteiger partial charge in [0.05, 0.1) is 27.5 Å². The van der Waals surface area contributed by atoms with Crippen LogP contribution in [0.25, 0.3) is 6.08 Å². The molecule has 0 fully saturated rings. The first-order valence-corrected chi connectivity index (χ1v) is 10.2. The van der Waals surface area contributed by atoms with Crippen molar-refractivity contribution in [1.82, 2.24) is 5.32 Å². The number of allylic oxidation sites excluding steroid dienone is 1. The van der Waals surface area contributed by atoms with E-state index in [2.05, 4.69) is 0 Å². The molecular formula is C21H14Cl3F6NO2. The smallest absolute Gasteiger partial charge is 0.348 e. The maximum Gasteiger partial charge on any atom is 0.399 e. The molecular weight excluding hydrogens is 519 g/mol. The van der Waals surface area contributed by atoms with Crippen LogP contribution in [0.1, 0.15) is 33.8 Å². The molecule has 0 aliphatic rings. The number of hydrogen-bond donors (Lipinski definition) is 1. The summed E-state index contributed by atoms with van der Waals surface area (Å²) in [4.78, 5) is 23.1. The Hall–Kier alpha value is -2.23. The number of halogens is 9. The van der Waals surface area contributed by atoms with Crippen LogP contribution in [-0.2, 0) is 4.79 Å². The van der Waals surface area contributed by atoms with Crippen molar-refractivity contribution in [3.8, 4) is 0 Å². The van der Waals surface area contributed by atoms with Gasteiger partial charge in [-0.3, -0.25) is 9.59 Å². The normalized spacial score (nSPS) is 13.2. The third-order valence-electron chi connectivity index (χ3n) is 4.24. The quantitative estimate of drug-likeness (QED) is 0.232. The number of rotatable bonds is 7. The summed E-state index contributed by atoms with van der Waals surface area (Å²) in [6, 6.07) is 7.36. The Labute approximate surface area is 199 Å². The van der Waals surface area contributed by atoms with E-state index in [-0.39, 0.29) is 26.2 Å². The van der Waals surface area contributed by atoms with Gasteiger partial charge in [0.2, 0.25) is 5.91 Å². The van der Waals surface area contributed by atoms with Crippen LogP contribution >= 0.6 is 34.8 Å². The zero-order chi connectivity index (χ0) is 25.0. The SMILES string of the molecule is O=C(CC(F)(F)F)NCC(=O)c1ccc(/C=C/C(c2cc(Cl)c(Cl)c(Cl)c2)C(F)(F)F)cc1. The summed E-state index contributed by atoms with van der Waals surface area (Å²) in [7, 11) is 0. The fourth-order valence-corrected chi connectivity index (χ4v) is 3.29. The minimum atomic E-state index is -4.70. The number of ketones is 1. The average molecular weight is 533 g/mol. The number of Topliss-reactive ketones (excluding diaryl/α,β-unsaturated/α-hetero) is 1. The second kappa shape index (κ2) is 10.8. The number of alkyl halides is 6. The minimum absolute atomic E-state index is 0.0584. The van der Waals surface area contributed by atoms with Crippen molar-refractivity contribution >= 4 is 52.6 Å². The van der Waals surface area contributed by atoms with Crippen molar-refractivity contribution in [2.45, 2.75) is 24.7 Å². The molecule has 1 N–H and O–H groups in total. The highest BCUT2D eigenvalue weighted by Gasteiger charge is 2.39. The van der Waals surface area contributed by atoms with Gasteiger partial charge >= 0.3 is 12.4 Å². The summed E-state index contributed by atoms with van der Waals surface area (Å²) in [5.74, 6) is -4.06. The maximum absolute atomic E-state index is 13.6. The van der Waals surface area contributed by atoms with Gasteiger partial charge in [0.1, 0.15) is 6.42 Å². The Kier molecular flexibility index (Phi) is 8.84. The van der Waals surface area contributed by atoms with Crippen molar-refractivity contribution in [3.63, 3.8) is 0 Å². The molecule has 2 rings (SSSR count). The molecule has 0 aliphatic carbocycles. The number of carbonyl (C=O) groups is 2. The van der Waals surface area contributed by atoms with E-state index in [1.807, 2.05) is 5.32 Å². The molecule has 1 unspecified atom stereocenters. The van der Waals surface area contributed by atoms with Crippen LogP contribution in [-0.4, -0.2) is 30.6 Å². The lowest BCUT2D eigenvalue weighted by molar-refractivity contribution is -0.153. The van der Waals surface area contributed by atoms with Gasteiger partial charge in [-0.2, -0.15) is 26.3 Å². The Morgan fingerprint density at radius 2 is 1.48 bits per heavy atom. The van der Waals surface area contributed by atoms with Crippen molar-refractivity contribution in [2.75, 3.05) is 6.54 Å². The van der Waals surface area contributed by atoms with Crippen molar-refractivity contribution in [3.05, 3.63) is 74.2 Å². The van der Waals surface area contributed by atoms with Gasteiger partial charge in [-0.1, -0.05) is 71.2 Å². The van der Waals surface area contributed by atoms with Crippen LogP contribution < -0.4 is 5.32 Å². The minimum Gasteiger partial charge on any atom is -0.348 e. The summed E-state index contributed by atoms with van der Waals surface area (Å²) < 4.78 is 77.1. The Morgan fingerprint density at radius 1 is 0.939 bits per heavy atom. The molecule has 12 heteroatoms. The van der Waals surface area contributed by atoms with Crippen LogP contribution in [0.15, 0.2) is 42.5 Å². The fraction of sp³-hybridized carbons (Fsp3) is 0.238. The van der Waals surface area contributed by atoms with Gasteiger partial charge in [-0.15, -0.1) is 0 Å². The monoisotopic (exact) mass is 531 g/mol. The zero-order valence-electron chi connectivity index (χ0n) is 16.3. The van der Waals surface area contributed by atoms with Crippen molar-refractivity contribution in [2.24, 2.45) is 0 Å². The van der Waals surface area contributed by atoms with E-state index < -0.39 is 42.9 Å².